The molecule has 0 atom stereocenters. The zero-order chi connectivity index (χ0) is 22.1. The molecule has 2 aromatic carbocycles. The van der Waals surface area contributed by atoms with Crippen molar-refractivity contribution in [2.75, 3.05) is 20.2 Å². The smallest absolute Gasteiger partial charge is 0.255 e. The number of amides is 1. The summed E-state index contributed by atoms with van der Waals surface area (Å²) in [4.78, 5) is 14.2. The molecule has 1 aliphatic carbocycles. The van der Waals surface area contributed by atoms with Gasteiger partial charge in [0.15, 0.2) is 0 Å². The van der Waals surface area contributed by atoms with Crippen LogP contribution in [0.25, 0.3) is 0 Å². The molecule has 1 fully saturated rings. The standard InChI is InChI=1S/C21H24Cl2N2O4S/c1-13-8-14(2)10-16(9-13)29-7-6-25(3)21(26)17-11-20(19(23)12-18(17)22)30(27,28)24-15-4-5-15/h8-12,15,24H,4-7H2,1-3H3. The van der Waals surface area contributed by atoms with Gasteiger partial charge in [0.05, 0.1) is 22.2 Å². The third-order valence-corrected chi connectivity index (χ3v) is 6.98. The van der Waals surface area contributed by atoms with Crippen molar-refractivity contribution >= 4 is 39.1 Å². The maximum Gasteiger partial charge on any atom is 0.255 e. The molecule has 162 valence electrons. The van der Waals surface area contributed by atoms with Crippen LogP contribution in [0.4, 0.5) is 0 Å². The quantitative estimate of drug-likeness (QED) is 0.626. The van der Waals surface area contributed by atoms with Gasteiger partial charge >= 0.3 is 0 Å². The Morgan fingerprint density at radius 1 is 1.10 bits per heavy atom. The van der Waals surface area contributed by atoms with Crippen molar-refractivity contribution in [3.05, 3.63) is 57.1 Å². The van der Waals surface area contributed by atoms with Crippen LogP contribution >= 0.6 is 23.2 Å². The van der Waals surface area contributed by atoms with Gasteiger partial charge in [-0.25, -0.2) is 13.1 Å². The number of benzene rings is 2. The van der Waals surface area contributed by atoms with Crippen molar-refractivity contribution in [3.63, 3.8) is 0 Å². The molecular weight excluding hydrogens is 447 g/mol. The summed E-state index contributed by atoms with van der Waals surface area (Å²) >= 11 is 12.3. The van der Waals surface area contributed by atoms with E-state index in [1.165, 1.54) is 17.0 Å². The number of hydrogen-bond donors (Lipinski definition) is 1. The molecule has 0 heterocycles. The number of carbonyl (C=O) groups is 1. The van der Waals surface area contributed by atoms with Crippen LogP contribution in [0.15, 0.2) is 35.2 Å². The van der Waals surface area contributed by atoms with E-state index in [9.17, 15) is 13.2 Å². The lowest BCUT2D eigenvalue weighted by molar-refractivity contribution is 0.0773. The fourth-order valence-corrected chi connectivity index (χ4v) is 5.17. The van der Waals surface area contributed by atoms with E-state index in [0.29, 0.717) is 6.54 Å². The summed E-state index contributed by atoms with van der Waals surface area (Å²) in [6, 6.07) is 8.35. The first kappa shape index (κ1) is 22.9. The van der Waals surface area contributed by atoms with E-state index in [4.69, 9.17) is 27.9 Å². The minimum atomic E-state index is -3.82. The molecule has 30 heavy (non-hydrogen) atoms. The molecule has 9 heteroatoms. The van der Waals surface area contributed by atoms with Crippen molar-refractivity contribution in [1.82, 2.24) is 9.62 Å². The fraction of sp³-hybridized carbons (Fsp3) is 0.381. The van der Waals surface area contributed by atoms with Crippen LogP contribution in [0.5, 0.6) is 5.75 Å². The number of rotatable bonds is 8. The predicted octanol–water partition coefficient (Wildman–Crippen LogP) is 4.20. The number of hydrogen-bond acceptors (Lipinski definition) is 4. The van der Waals surface area contributed by atoms with E-state index in [1.54, 1.807) is 7.05 Å². The second-order valence-corrected chi connectivity index (χ2v) is 10.1. The Hall–Kier alpha value is -1.80. The molecule has 0 aromatic heterocycles. The zero-order valence-corrected chi connectivity index (χ0v) is 19.4. The van der Waals surface area contributed by atoms with Crippen LogP contribution in [-0.2, 0) is 10.0 Å². The van der Waals surface area contributed by atoms with Crippen LogP contribution in [-0.4, -0.2) is 45.5 Å². The van der Waals surface area contributed by atoms with Crippen molar-refractivity contribution < 1.29 is 17.9 Å². The molecule has 3 rings (SSSR count). The number of aryl methyl sites for hydroxylation is 2. The Morgan fingerprint density at radius 2 is 1.73 bits per heavy atom. The first-order valence-electron chi connectivity index (χ1n) is 9.55. The summed E-state index contributed by atoms with van der Waals surface area (Å²) in [6.07, 6.45) is 1.58. The maximum atomic E-state index is 12.9. The van der Waals surface area contributed by atoms with E-state index in [-0.39, 0.29) is 33.2 Å². The highest BCUT2D eigenvalue weighted by Gasteiger charge is 2.30. The van der Waals surface area contributed by atoms with Gasteiger partial charge in [0, 0.05) is 13.1 Å². The number of halogens is 2. The monoisotopic (exact) mass is 470 g/mol. The predicted molar refractivity (Wildman–Crippen MR) is 118 cm³/mol. The minimum Gasteiger partial charge on any atom is -0.492 e. The Labute approximate surface area is 187 Å². The second kappa shape index (κ2) is 9.14. The number of nitrogens with zero attached hydrogens (tertiary/aromatic N) is 1. The van der Waals surface area contributed by atoms with Gasteiger partial charge in [-0.2, -0.15) is 0 Å². The third kappa shape index (κ3) is 5.66. The minimum absolute atomic E-state index is 0.0227. The average molecular weight is 471 g/mol. The van der Waals surface area contributed by atoms with Gasteiger partial charge in [-0.05, 0) is 62.1 Å². The van der Waals surface area contributed by atoms with Gasteiger partial charge in [0.2, 0.25) is 10.0 Å². The van der Waals surface area contributed by atoms with Crippen LogP contribution in [0.3, 0.4) is 0 Å². The average Bonchev–Trinajstić information content (AvgIpc) is 3.43. The van der Waals surface area contributed by atoms with E-state index >= 15 is 0 Å². The SMILES string of the molecule is Cc1cc(C)cc(OCCN(C)C(=O)c2cc(S(=O)(=O)NC3CC3)c(Cl)cc2Cl)c1. The summed E-state index contributed by atoms with van der Waals surface area (Å²) in [5.74, 6) is 0.320. The topological polar surface area (TPSA) is 75.7 Å². The first-order valence-corrected chi connectivity index (χ1v) is 11.8. The number of likely N-dealkylation sites (N-methyl/N-ethyl adjacent to an activating group) is 1. The van der Waals surface area contributed by atoms with Crippen LogP contribution in [0.1, 0.15) is 34.3 Å². The molecule has 0 bridgehead atoms. The number of nitrogens with one attached hydrogen (secondary N) is 1. The third-order valence-electron chi connectivity index (χ3n) is 4.68. The largest absolute Gasteiger partial charge is 0.492 e. The van der Waals surface area contributed by atoms with E-state index < -0.39 is 15.9 Å². The fourth-order valence-electron chi connectivity index (χ4n) is 3.01. The molecule has 1 amide bonds. The van der Waals surface area contributed by atoms with Crippen LogP contribution < -0.4 is 9.46 Å². The van der Waals surface area contributed by atoms with E-state index in [0.717, 1.165) is 29.7 Å². The Bertz CT molecular complexity index is 1050. The summed E-state index contributed by atoms with van der Waals surface area (Å²) < 4.78 is 33.4. The lowest BCUT2D eigenvalue weighted by Crippen LogP contribution is -2.31. The van der Waals surface area contributed by atoms with Gasteiger partial charge in [0.1, 0.15) is 17.3 Å². The molecule has 0 radical (unpaired) electrons. The molecule has 0 saturated heterocycles. The van der Waals surface area contributed by atoms with Gasteiger partial charge in [-0.15, -0.1) is 0 Å². The summed E-state index contributed by atoms with van der Waals surface area (Å²) in [7, 11) is -2.22. The zero-order valence-electron chi connectivity index (χ0n) is 17.0. The van der Waals surface area contributed by atoms with Crippen molar-refractivity contribution in [2.24, 2.45) is 0 Å². The molecule has 1 aliphatic rings. The van der Waals surface area contributed by atoms with Gasteiger partial charge in [-0.3, -0.25) is 4.79 Å². The van der Waals surface area contributed by atoms with Crippen LogP contribution in [0, 0.1) is 13.8 Å². The van der Waals surface area contributed by atoms with Gasteiger partial charge < -0.3 is 9.64 Å². The Kier molecular flexibility index (Phi) is 6.97. The lowest BCUT2D eigenvalue weighted by Gasteiger charge is -2.19. The highest BCUT2D eigenvalue weighted by Crippen LogP contribution is 2.31. The Morgan fingerprint density at radius 3 is 2.33 bits per heavy atom. The van der Waals surface area contributed by atoms with Crippen molar-refractivity contribution in [3.8, 4) is 5.75 Å². The maximum absolute atomic E-state index is 12.9. The summed E-state index contributed by atoms with van der Waals surface area (Å²) in [5, 5.41) is 0.0722. The number of carbonyl (C=O) groups excluding carboxylic acids is 1. The van der Waals surface area contributed by atoms with Crippen molar-refractivity contribution in [2.45, 2.75) is 37.6 Å². The van der Waals surface area contributed by atoms with E-state index in [2.05, 4.69) is 10.8 Å². The number of sulfonamides is 1. The normalized spacial score (nSPS) is 13.9. The second-order valence-electron chi connectivity index (χ2n) is 7.56. The molecule has 6 nitrogen and oxygen atoms in total. The Balaban J connectivity index is 1.71. The highest BCUT2D eigenvalue weighted by atomic mass is 35.5. The van der Waals surface area contributed by atoms with Crippen LogP contribution in [0.2, 0.25) is 10.0 Å². The molecule has 1 saturated carbocycles. The highest BCUT2D eigenvalue weighted by molar-refractivity contribution is 7.89. The molecule has 0 unspecified atom stereocenters. The summed E-state index contributed by atoms with van der Waals surface area (Å²) in [6.45, 7) is 4.56. The van der Waals surface area contributed by atoms with Crippen molar-refractivity contribution in [1.29, 1.82) is 0 Å². The molecule has 0 aliphatic heterocycles. The van der Waals surface area contributed by atoms with E-state index in [1.807, 2.05) is 26.0 Å². The molecular formula is C21H24Cl2N2O4S. The molecule has 1 N–H and O–H groups in total. The summed E-state index contributed by atoms with van der Waals surface area (Å²) in [5.41, 5.74) is 2.26. The van der Waals surface area contributed by atoms with Gasteiger partial charge in [-0.1, -0.05) is 29.3 Å². The molecule has 2 aromatic rings. The van der Waals surface area contributed by atoms with Gasteiger partial charge in [0.25, 0.3) is 5.91 Å². The number of ether oxygens (including phenoxy) is 1. The lowest BCUT2D eigenvalue weighted by atomic mass is 10.1. The first-order chi connectivity index (χ1) is 14.1. The molecule has 0 spiro atoms.